The number of carbonyl (C=O) groups is 1. The molecule has 0 spiro atoms. The molecule has 1 aliphatic rings. The van der Waals surface area contributed by atoms with E-state index in [0.717, 1.165) is 10.9 Å². The Kier molecular flexibility index (Phi) is 1.92. The molecule has 0 atom stereocenters. The zero-order chi connectivity index (χ0) is 15.0. The summed E-state index contributed by atoms with van der Waals surface area (Å²) >= 11 is 0. The van der Waals surface area contributed by atoms with E-state index >= 15 is 0 Å². The molecule has 4 heterocycles. The molecule has 0 bridgehead atoms. The van der Waals surface area contributed by atoms with Crippen molar-refractivity contribution in [2.75, 3.05) is 0 Å². The highest BCUT2D eigenvalue weighted by molar-refractivity contribution is 6.03. The largest absolute Gasteiger partial charge is 0.310 e. The van der Waals surface area contributed by atoms with Gasteiger partial charge >= 0.3 is 0 Å². The average Bonchev–Trinajstić information content (AvgIpc) is 3.06. The summed E-state index contributed by atoms with van der Waals surface area (Å²) in [5.41, 5.74) is 0.740. The third-order valence-corrected chi connectivity index (χ3v) is 4.51. The first-order valence-electron chi connectivity index (χ1n) is 7.10. The number of ketones is 1. The van der Waals surface area contributed by atoms with E-state index in [2.05, 4.69) is 0 Å². The number of para-hydroxylation sites is 1. The van der Waals surface area contributed by atoms with Crippen molar-refractivity contribution in [1.29, 1.82) is 0 Å². The van der Waals surface area contributed by atoms with E-state index in [1.165, 1.54) is 4.57 Å². The van der Waals surface area contributed by atoms with Crippen molar-refractivity contribution in [3.8, 4) is 0 Å². The molecule has 0 unspecified atom stereocenters. The number of Topliss-reactive ketones (excluding diaryl/α,β-unsaturated/α-hetero) is 1. The van der Waals surface area contributed by atoms with E-state index in [0.29, 0.717) is 21.6 Å². The topological polar surface area (TPSA) is 60.5 Å². The third kappa shape index (κ3) is 1.18. The molecule has 5 nitrogen and oxygen atoms in total. The average molecular weight is 290 g/mol. The fourth-order valence-electron chi connectivity index (χ4n) is 3.57. The fraction of sp³-hybridized carbons (Fsp3) is 0.118. The molecule has 0 aliphatic carbocycles. The van der Waals surface area contributed by atoms with Crippen LogP contribution in [0.2, 0.25) is 0 Å². The van der Waals surface area contributed by atoms with E-state index in [4.69, 9.17) is 0 Å². The van der Waals surface area contributed by atoms with Crippen molar-refractivity contribution in [2.24, 2.45) is 0 Å². The number of rotatable bonds is 0. The zero-order valence-electron chi connectivity index (χ0n) is 11.5. The predicted octanol–water partition coefficient (Wildman–Crippen LogP) is 0.678. The quantitative estimate of drug-likeness (QED) is 0.478. The Bertz CT molecular complexity index is 1280. The Balaban J connectivity index is 2.22. The number of fused-ring (bicyclic) bond motifs is 4. The first-order chi connectivity index (χ1) is 10.7. The van der Waals surface area contributed by atoms with Crippen LogP contribution in [0.3, 0.4) is 0 Å². The van der Waals surface area contributed by atoms with Crippen molar-refractivity contribution < 1.29 is 4.79 Å². The molecule has 0 saturated carbocycles. The van der Waals surface area contributed by atoms with E-state index < -0.39 is 0 Å². The summed E-state index contributed by atoms with van der Waals surface area (Å²) < 4.78 is 3.21. The minimum atomic E-state index is -0.269. The molecule has 0 N–H and O–H groups in total. The minimum absolute atomic E-state index is 0.0143. The van der Waals surface area contributed by atoms with Crippen molar-refractivity contribution in [3.63, 3.8) is 0 Å². The normalized spacial score (nSPS) is 14.8. The van der Waals surface area contributed by atoms with Crippen molar-refractivity contribution in [2.45, 2.75) is 13.0 Å². The second-order valence-electron chi connectivity index (χ2n) is 5.71. The maximum absolute atomic E-state index is 12.9. The van der Waals surface area contributed by atoms with Crippen LogP contribution in [-0.4, -0.2) is 14.8 Å². The lowest BCUT2D eigenvalue weighted by Crippen LogP contribution is -2.33. The molecule has 4 aromatic rings. The number of hydrogen-bond donors (Lipinski definition) is 0. The van der Waals surface area contributed by atoms with Gasteiger partial charge in [0, 0.05) is 23.4 Å². The second kappa shape index (κ2) is 3.62. The van der Waals surface area contributed by atoms with Gasteiger partial charge in [-0.3, -0.25) is 19.0 Å². The molecule has 3 aromatic heterocycles. The van der Waals surface area contributed by atoms with Crippen LogP contribution >= 0.6 is 0 Å². The Hall–Kier alpha value is -2.95. The lowest BCUT2D eigenvalue weighted by Gasteiger charge is -2.05. The first-order valence-corrected chi connectivity index (χ1v) is 7.10. The van der Waals surface area contributed by atoms with Gasteiger partial charge in [0.15, 0.2) is 11.2 Å². The van der Waals surface area contributed by atoms with Crippen LogP contribution in [-0.2, 0) is 11.3 Å². The van der Waals surface area contributed by atoms with Gasteiger partial charge in [0.25, 0.3) is 5.56 Å². The van der Waals surface area contributed by atoms with Gasteiger partial charge < -0.3 is 4.40 Å². The molecule has 106 valence electrons. The lowest BCUT2D eigenvalue weighted by atomic mass is 10.1. The number of pyridine rings is 1. The third-order valence-electron chi connectivity index (χ3n) is 4.51. The highest BCUT2D eigenvalue weighted by atomic mass is 16.1. The summed E-state index contributed by atoms with van der Waals surface area (Å²) in [7, 11) is 0. The maximum Gasteiger partial charge on any atom is 0.276 e. The summed E-state index contributed by atoms with van der Waals surface area (Å²) in [5.74, 6) is -0.0143. The Morgan fingerprint density at radius 3 is 2.73 bits per heavy atom. The summed E-state index contributed by atoms with van der Waals surface area (Å²) in [6.45, 7) is 0.0473. The monoisotopic (exact) mass is 290 g/mol. The van der Waals surface area contributed by atoms with Crippen LogP contribution in [0, 0.1) is 0 Å². The predicted molar refractivity (Wildman–Crippen MR) is 83.4 cm³/mol. The molecule has 5 rings (SSSR count). The highest BCUT2D eigenvalue weighted by Crippen LogP contribution is 2.22. The van der Waals surface area contributed by atoms with Gasteiger partial charge in [-0.05, 0) is 12.1 Å². The molecular weight excluding hydrogens is 280 g/mol. The molecule has 0 saturated heterocycles. The van der Waals surface area contributed by atoms with Gasteiger partial charge in [0.05, 0.1) is 22.8 Å². The van der Waals surface area contributed by atoms with Crippen LogP contribution in [0.15, 0.2) is 40.1 Å². The number of benzene rings is 1. The number of hydrogen-bond acceptors (Lipinski definition) is 3. The molecule has 5 heteroatoms. The number of nitrogens with zero attached hydrogens (tertiary/aromatic N) is 2. The van der Waals surface area contributed by atoms with Crippen LogP contribution in [0.25, 0.3) is 33.3 Å². The fourth-order valence-corrected chi connectivity index (χ4v) is 3.57. The van der Waals surface area contributed by atoms with Gasteiger partial charge in [-0.1, -0.05) is 18.2 Å². The van der Waals surface area contributed by atoms with Crippen LogP contribution in [0.4, 0.5) is 0 Å². The van der Waals surface area contributed by atoms with Gasteiger partial charge in [-0.25, -0.2) is 0 Å². The van der Waals surface area contributed by atoms with Crippen LogP contribution in [0.1, 0.15) is 6.42 Å². The smallest absolute Gasteiger partial charge is 0.276 e. The summed E-state index contributed by atoms with van der Waals surface area (Å²) in [6, 6.07) is 7.45. The SMILES string of the molecule is O=C1CC=c2c3c(=O)c4cccc5ccn(c3c(=O)n2C1)c54. The summed E-state index contributed by atoms with van der Waals surface area (Å²) in [6.07, 6.45) is 3.78. The molecule has 0 radical (unpaired) electrons. The Morgan fingerprint density at radius 1 is 1.00 bits per heavy atom. The molecule has 0 amide bonds. The zero-order valence-corrected chi connectivity index (χ0v) is 11.5. The lowest BCUT2D eigenvalue weighted by molar-refractivity contribution is -0.118. The molecule has 0 fully saturated rings. The Labute approximate surface area is 123 Å². The van der Waals surface area contributed by atoms with Crippen LogP contribution < -0.4 is 16.3 Å². The summed E-state index contributed by atoms with van der Waals surface area (Å²) in [4.78, 5) is 37.3. The van der Waals surface area contributed by atoms with E-state index in [1.54, 1.807) is 16.5 Å². The summed E-state index contributed by atoms with van der Waals surface area (Å²) in [5, 5.41) is 2.54. The van der Waals surface area contributed by atoms with E-state index in [-0.39, 0.29) is 29.7 Å². The Morgan fingerprint density at radius 2 is 1.86 bits per heavy atom. The van der Waals surface area contributed by atoms with Crippen molar-refractivity contribution >= 4 is 39.1 Å². The van der Waals surface area contributed by atoms with E-state index in [9.17, 15) is 14.4 Å². The number of carbonyl (C=O) groups excluding carboxylic acids is 1. The maximum atomic E-state index is 12.9. The molecule has 1 aliphatic heterocycles. The van der Waals surface area contributed by atoms with Gasteiger partial charge in [0.1, 0.15) is 5.52 Å². The molecule has 22 heavy (non-hydrogen) atoms. The van der Waals surface area contributed by atoms with Gasteiger partial charge in [-0.2, -0.15) is 0 Å². The van der Waals surface area contributed by atoms with Crippen LogP contribution in [0.5, 0.6) is 0 Å². The van der Waals surface area contributed by atoms with E-state index in [1.807, 2.05) is 24.4 Å². The molecule has 1 aromatic carbocycles. The first kappa shape index (κ1) is 11.7. The standard InChI is InChI=1S/C17H10N2O3/c20-10-4-5-12-13-15(17(22)19(12)8-10)18-7-6-9-2-1-3-11(14(9)18)16(13)21/h1-3,5-7H,4,8H2. The minimum Gasteiger partial charge on any atom is -0.310 e. The van der Waals surface area contributed by atoms with Crippen molar-refractivity contribution in [1.82, 2.24) is 8.97 Å². The number of aromatic nitrogens is 2. The molecular formula is C17H10N2O3. The van der Waals surface area contributed by atoms with Gasteiger partial charge in [0.2, 0.25) is 0 Å². The van der Waals surface area contributed by atoms with Crippen molar-refractivity contribution in [3.05, 3.63) is 56.4 Å². The van der Waals surface area contributed by atoms with Gasteiger partial charge in [-0.15, -0.1) is 0 Å². The highest BCUT2D eigenvalue weighted by Gasteiger charge is 2.22. The second-order valence-corrected chi connectivity index (χ2v) is 5.71.